The monoisotopic (exact) mass is 236 g/mol. The third-order valence-corrected chi connectivity index (χ3v) is 2.46. The maximum Gasteiger partial charge on any atom is 0.339 e. The lowest BCUT2D eigenvalue weighted by atomic mass is 10.0. The first kappa shape index (κ1) is 13.6. The molecule has 0 radical (unpaired) electrons. The third-order valence-electron chi connectivity index (χ3n) is 2.46. The summed E-state index contributed by atoms with van der Waals surface area (Å²) in [6.45, 7) is 5.89. The van der Waals surface area contributed by atoms with Gasteiger partial charge in [-0.2, -0.15) is 0 Å². The van der Waals surface area contributed by atoms with Crippen LogP contribution >= 0.6 is 0 Å². The van der Waals surface area contributed by atoms with Crippen LogP contribution in [0.25, 0.3) is 0 Å². The highest BCUT2D eigenvalue weighted by atomic mass is 16.5. The van der Waals surface area contributed by atoms with E-state index in [2.05, 4.69) is 6.92 Å². The maximum atomic E-state index is 11.1. The van der Waals surface area contributed by atoms with Crippen LogP contribution in [-0.4, -0.2) is 17.2 Å². The van der Waals surface area contributed by atoms with Crippen LogP contribution in [0.1, 0.15) is 49.5 Å². The summed E-state index contributed by atoms with van der Waals surface area (Å²) in [5.41, 5.74) is 1.31. The second-order valence-corrected chi connectivity index (χ2v) is 4.41. The van der Waals surface area contributed by atoms with Gasteiger partial charge in [0.25, 0.3) is 0 Å². The van der Waals surface area contributed by atoms with Crippen molar-refractivity contribution in [2.75, 3.05) is 0 Å². The molecule has 17 heavy (non-hydrogen) atoms. The number of carbonyl (C=O) groups is 1. The molecule has 0 spiro atoms. The van der Waals surface area contributed by atoms with Gasteiger partial charge in [0, 0.05) is 0 Å². The fourth-order valence-electron chi connectivity index (χ4n) is 1.64. The number of aromatic carboxylic acids is 1. The molecule has 3 heteroatoms. The molecule has 0 aromatic heterocycles. The fourth-order valence-corrected chi connectivity index (χ4v) is 1.64. The van der Waals surface area contributed by atoms with Gasteiger partial charge in [0.1, 0.15) is 11.3 Å². The van der Waals surface area contributed by atoms with Crippen molar-refractivity contribution < 1.29 is 14.6 Å². The predicted molar refractivity (Wildman–Crippen MR) is 67.8 cm³/mol. The zero-order valence-electron chi connectivity index (χ0n) is 10.7. The van der Waals surface area contributed by atoms with Crippen molar-refractivity contribution >= 4 is 5.97 Å². The Balaban J connectivity index is 2.95. The summed E-state index contributed by atoms with van der Waals surface area (Å²) < 4.78 is 5.49. The van der Waals surface area contributed by atoms with Crippen molar-refractivity contribution in [2.45, 2.75) is 46.1 Å². The van der Waals surface area contributed by atoms with E-state index in [-0.39, 0.29) is 11.7 Å². The van der Waals surface area contributed by atoms with Crippen molar-refractivity contribution in [3.8, 4) is 5.75 Å². The zero-order valence-corrected chi connectivity index (χ0v) is 10.7. The molecule has 0 saturated heterocycles. The Morgan fingerprint density at radius 1 is 1.41 bits per heavy atom. The Hall–Kier alpha value is -1.51. The average molecular weight is 236 g/mol. The van der Waals surface area contributed by atoms with E-state index in [0.29, 0.717) is 5.75 Å². The highest BCUT2D eigenvalue weighted by Crippen LogP contribution is 2.22. The minimum Gasteiger partial charge on any atom is -0.490 e. The Kier molecular flexibility index (Phi) is 5.01. The second-order valence-electron chi connectivity index (χ2n) is 4.41. The zero-order chi connectivity index (χ0) is 12.8. The topological polar surface area (TPSA) is 46.5 Å². The maximum absolute atomic E-state index is 11.1. The van der Waals surface area contributed by atoms with E-state index in [0.717, 1.165) is 24.8 Å². The van der Waals surface area contributed by atoms with E-state index in [4.69, 9.17) is 9.84 Å². The Morgan fingerprint density at radius 2 is 2.12 bits per heavy atom. The largest absolute Gasteiger partial charge is 0.490 e. The highest BCUT2D eigenvalue weighted by Gasteiger charge is 2.13. The summed E-state index contributed by atoms with van der Waals surface area (Å²) in [6, 6.07) is 5.42. The van der Waals surface area contributed by atoms with Crippen molar-refractivity contribution in [1.29, 1.82) is 0 Å². The number of carboxylic acid groups (broad SMARTS) is 1. The highest BCUT2D eigenvalue weighted by molar-refractivity contribution is 5.91. The summed E-state index contributed by atoms with van der Waals surface area (Å²) >= 11 is 0. The van der Waals surface area contributed by atoms with E-state index in [1.54, 1.807) is 12.1 Å². The van der Waals surface area contributed by atoms with E-state index >= 15 is 0 Å². The van der Waals surface area contributed by atoms with Gasteiger partial charge < -0.3 is 9.84 Å². The quantitative estimate of drug-likeness (QED) is 0.822. The molecular weight excluding hydrogens is 216 g/mol. The number of carboxylic acids is 1. The molecule has 0 atom stereocenters. The Bertz CT molecular complexity index is 383. The summed E-state index contributed by atoms with van der Waals surface area (Å²) in [7, 11) is 0. The molecule has 1 aromatic carbocycles. The van der Waals surface area contributed by atoms with Gasteiger partial charge in [-0.15, -0.1) is 0 Å². The van der Waals surface area contributed by atoms with Gasteiger partial charge in [-0.05, 0) is 44.4 Å². The van der Waals surface area contributed by atoms with Crippen LogP contribution < -0.4 is 4.74 Å². The summed E-state index contributed by atoms with van der Waals surface area (Å²) in [5.74, 6) is -0.480. The van der Waals surface area contributed by atoms with Gasteiger partial charge in [-0.25, -0.2) is 4.79 Å². The summed E-state index contributed by atoms with van der Waals surface area (Å²) in [6.07, 6.45) is 3.07. The van der Waals surface area contributed by atoms with Gasteiger partial charge in [0.15, 0.2) is 0 Å². The molecule has 0 bridgehead atoms. The molecule has 0 saturated carbocycles. The molecule has 0 heterocycles. The first-order valence-electron chi connectivity index (χ1n) is 6.07. The van der Waals surface area contributed by atoms with Gasteiger partial charge in [0.2, 0.25) is 0 Å². The van der Waals surface area contributed by atoms with Crippen LogP contribution in [0.4, 0.5) is 0 Å². The van der Waals surface area contributed by atoms with E-state index in [1.807, 2.05) is 19.9 Å². The SMILES string of the molecule is CCCCc1ccc(OC(C)C)c(C(=O)O)c1. The first-order chi connectivity index (χ1) is 8.04. The second kappa shape index (κ2) is 6.28. The van der Waals surface area contributed by atoms with Crippen LogP contribution in [0.2, 0.25) is 0 Å². The third kappa shape index (κ3) is 4.10. The molecule has 0 aliphatic rings. The number of aryl methyl sites for hydroxylation is 1. The number of unbranched alkanes of at least 4 members (excludes halogenated alkanes) is 1. The molecule has 1 aromatic rings. The Morgan fingerprint density at radius 3 is 2.65 bits per heavy atom. The van der Waals surface area contributed by atoms with Gasteiger partial charge in [-0.3, -0.25) is 0 Å². The van der Waals surface area contributed by atoms with Crippen molar-refractivity contribution in [2.24, 2.45) is 0 Å². The molecule has 0 amide bonds. The smallest absolute Gasteiger partial charge is 0.339 e. The van der Waals surface area contributed by atoms with Crippen LogP contribution in [0.5, 0.6) is 5.75 Å². The molecule has 3 nitrogen and oxygen atoms in total. The van der Waals surface area contributed by atoms with Crippen LogP contribution in [0.15, 0.2) is 18.2 Å². The number of hydrogen-bond donors (Lipinski definition) is 1. The lowest BCUT2D eigenvalue weighted by Gasteiger charge is -2.13. The molecule has 0 aliphatic carbocycles. The molecule has 0 fully saturated rings. The number of rotatable bonds is 6. The van der Waals surface area contributed by atoms with Crippen molar-refractivity contribution in [3.63, 3.8) is 0 Å². The minimum absolute atomic E-state index is 0.0189. The van der Waals surface area contributed by atoms with Gasteiger partial charge >= 0.3 is 5.97 Å². The predicted octanol–water partition coefficient (Wildman–Crippen LogP) is 3.51. The molecule has 94 valence electrons. The molecule has 1 rings (SSSR count). The van der Waals surface area contributed by atoms with Gasteiger partial charge in [0.05, 0.1) is 6.10 Å². The van der Waals surface area contributed by atoms with Crippen LogP contribution in [-0.2, 0) is 6.42 Å². The number of hydrogen-bond acceptors (Lipinski definition) is 2. The van der Waals surface area contributed by atoms with Crippen molar-refractivity contribution in [3.05, 3.63) is 29.3 Å². The standard InChI is InChI=1S/C14H20O3/c1-4-5-6-11-7-8-13(17-10(2)3)12(9-11)14(15)16/h7-10H,4-6H2,1-3H3,(H,15,16). The lowest BCUT2D eigenvalue weighted by molar-refractivity contribution is 0.0690. The van der Waals surface area contributed by atoms with Crippen LogP contribution in [0.3, 0.4) is 0 Å². The summed E-state index contributed by atoms with van der Waals surface area (Å²) in [4.78, 5) is 11.1. The first-order valence-corrected chi connectivity index (χ1v) is 6.07. The van der Waals surface area contributed by atoms with E-state index in [9.17, 15) is 4.79 Å². The average Bonchev–Trinajstić information content (AvgIpc) is 2.26. The fraction of sp³-hybridized carbons (Fsp3) is 0.500. The van der Waals surface area contributed by atoms with Crippen molar-refractivity contribution in [1.82, 2.24) is 0 Å². The normalized spacial score (nSPS) is 10.6. The summed E-state index contributed by atoms with van der Waals surface area (Å²) in [5, 5.41) is 9.15. The molecular formula is C14H20O3. The molecule has 0 aliphatic heterocycles. The molecule has 0 unspecified atom stereocenters. The molecule has 1 N–H and O–H groups in total. The lowest BCUT2D eigenvalue weighted by Crippen LogP contribution is -2.10. The van der Waals surface area contributed by atoms with Gasteiger partial charge in [-0.1, -0.05) is 19.4 Å². The van der Waals surface area contributed by atoms with E-state index < -0.39 is 5.97 Å². The van der Waals surface area contributed by atoms with Crippen LogP contribution in [0, 0.1) is 0 Å². The van der Waals surface area contributed by atoms with E-state index in [1.165, 1.54) is 0 Å². The number of ether oxygens (including phenoxy) is 1. The Labute approximate surface area is 102 Å². The number of benzene rings is 1. The minimum atomic E-state index is -0.931.